The molecule has 0 saturated carbocycles. The fraction of sp³-hybridized carbons (Fsp3) is 0.276. The number of hydrogen-bond acceptors (Lipinski definition) is 8. The minimum atomic E-state index is -0.831. The third-order valence-electron chi connectivity index (χ3n) is 5.65. The molecule has 2 aromatic carbocycles. The van der Waals surface area contributed by atoms with Crippen molar-refractivity contribution in [2.24, 2.45) is 0 Å². The van der Waals surface area contributed by atoms with E-state index in [-0.39, 0.29) is 54.0 Å². The predicted octanol–water partition coefficient (Wildman–Crippen LogP) is 4.94. The maximum Gasteiger partial charge on any atom is 0.332 e. The molecule has 0 saturated heterocycles. The lowest BCUT2D eigenvalue weighted by atomic mass is 10.1. The maximum absolute atomic E-state index is 15.4. The van der Waals surface area contributed by atoms with Gasteiger partial charge in [0.05, 0.1) is 40.8 Å². The number of halogens is 2. The van der Waals surface area contributed by atoms with Crippen molar-refractivity contribution in [2.75, 3.05) is 25.1 Å². The van der Waals surface area contributed by atoms with Crippen molar-refractivity contribution >= 4 is 34.2 Å². The highest BCUT2D eigenvalue weighted by Gasteiger charge is 2.19. The topological polar surface area (TPSA) is 119 Å². The van der Waals surface area contributed by atoms with Crippen molar-refractivity contribution in [3.63, 3.8) is 0 Å². The van der Waals surface area contributed by atoms with Crippen LogP contribution < -0.4 is 10.9 Å². The Balaban J connectivity index is 1.56. The number of carbonyl (C=O) groups is 1. The summed E-state index contributed by atoms with van der Waals surface area (Å²) >= 11 is 6.44. The summed E-state index contributed by atoms with van der Waals surface area (Å²) in [5.74, 6) is -1.22. The molecule has 0 atom stereocenters. The minimum absolute atomic E-state index is 0.0292. The molecule has 0 radical (unpaired) electrons. The van der Waals surface area contributed by atoms with Crippen LogP contribution in [0.25, 0.3) is 22.0 Å². The third kappa shape index (κ3) is 7.00. The number of nitrogens with zero attached hydrogens (tertiary/aromatic N) is 4. The molecule has 1 N–H and O–H groups in total. The Morgan fingerprint density at radius 2 is 1.85 bits per heavy atom. The van der Waals surface area contributed by atoms with Crippen molar-refractivity contribution in [1.82, 2.24) is 14.8 Å². The number of nitriles is 1. The number of aromatic nitrogens is 3. The summed E-state index contributed by atoms with van der Waals surface area (Å²) in [4.78, 5) is 28.9. The normalized spacial score (nSPS) is 11.3. The number of pyridine rings is 1. The van der Waals surface area contributed by atoms with Gasteiger partial charge in [-0.1, -0.05) is 41.9 Å². The highest BCUT2D eigenvalue weighted by Crippen LogP contribution is 2.31. The van der Waals surface area contributed by atoms with Gasteiger partial charge in [-0.2, -0.15) is 14.8 Å². The van der Waals surface area contributed by atoms with Crippen LogP contribution in [0.1, 0.15) is 31.9 Å². The quantitative estimate of drug-likeness (QED) is 0.173. The monoisotopic (exact) mass is 563 g/mol. The molecule has 4 rings (SSSR count). The molecule has 40 heavy (non-hydrogen) atoms. The standard InChI is InChI=1S/C29H27ClFN5O4/c1-29(2,3)40-24(37)17-39-13-12-33-27-23(30)14-22(26(31)34-27)25-20-6-4-5-7-21(20)28(38)36(35-25)16-19-10-8-18(15-32)9-11-19/h4-11,14H,12-13,16-17H2,1-3H3,(H,33,34). The average Bonchev–Trinajstić information content (AvgIpc) is 2.91. The highest BCUT2D eigenvalue weighted by atomic mass is 35.5. The Morgan fingerprint density at radius 1 is 1.15 bits per heavy atom. The van der Waals surface area contributed by atoms with Gasteiger partial charge in [-0.05, 0) is 50.6 Å². The molecule has 2 aromatic heterocycles. The summed E-state index contributed by atoms with van der Waals surface area (Å²) in [7, 11) is 0. The smallest absolute Gasteiger partial charge is 0.332 e. The van der Waals surface area contributed by atoms with E-state index in [1.54, 1.807) is 69.3 Å². The van der Waals surface area contributed by atoms with E-state index in [1.807, 2.05) is 0 Å². The minimum Gasteiger partial charge on any atom is -0.458 e. The van der Waals surface area contributed by atoms with Crippen LogP contribution in [0.3, 0.4) is 0 Å². The lowest BCUT2D eigenvalue weighted by Gasteiger charge is -2.19. The van der Waals surface area contributed by atoms with E-state index < -0.39 is 17.5 Å². The molecule has 206 valence electrons. The van der Waals surface area contributed by atoms with Crippen molar-refractivity contribution in [2.45, 2.75) is 32.9 Å². The Morgan fingerprint density at radius 3 is 2.52 bits per heavy atom. The van der Waals surface area contributed by atoms with Gasteiger partial charge in [-0.3, -0.25) is 4.79 Å². The number of carbonyl (C=O) groups excluding carboxylic acids is 1. The Labute approximate surface area is 235 Å². The number of benzene rings is 2. The molecule has 0 aliphatic heterocycles. The van der Waals surface area contributed by atoms with Gasteiger partial charge in [0.1, 0.15) is 23.7 Å². The van der Waals surface area contributed by atoms with Crippen LogP contribution in [-0.4, -0.2) is 46.1 Å². The average molecular weight is 564 g/mol. The zero-order valence-corrected chi connectivity index (χ0v) is 23.0. The molecule has 2 heterocycles. The van der Waals surface area contributed by atoms with Crippen LogP contribution in [0.15, 0.2) is 59.4 Å². The predicted molar refractivity (Wildman–Crippen MR) is 150 cm³/mol. The van der Waals surface area contributed by atoms with Crippen molar-refractivity contribution in [1.29, 1.82) is 5.26 Å². The first-order valence-corrected chi connectivity index (χ1v) is 12.8. The molecule has 0 spiro atoms. The number of ether oxygens (including phenoxy) is 2. The van der Waals surface area contributed by atoms with Gasteiger partial charge >= 0.3 is 5.97 Å². The number of rotatable bonds is 9. The van der Waals surface area contributed by atoms with Gasteiger partial charge in [0.2, 0.25) is 5.95 Å². The second-order valence-corrected chi connectivity index (χ2v) is 10.3. The zero-order chi connectivity index (χ0) is 28.9. The molecule has 0 amide bonds. The molecule has 0 aliphatic rings. The van der Waals surface area contributed by atoms with E-state index in [9.17, 15) is 9.59 Å². The number of esters is 1. The van der Waals surface area contributed by atoms with Crippen LogP contribution >= 0.6 is 11.6 Å². The first kappa shape index (κ1) is 28.7. The molecule has 0 aliphatic carbocycles. The molecule has 0 bridgehead atoms. The summed E-state index contributed by atoms with van der Waals surface area (Å²) in [6.45, 7) is 5.54. The highest BCUT2D eigenvalue weighted by molar-refractivity contribution is 6.33. The first-order chi connectivity index (χ1) is 19.1. The Bertz CT molecular complexity index is 1640. The molecule has 11 heteroatoms. The van der Waals surface area contributed by atoms with Gasteiger partial charge < -0.3 is 14.8 Å². The van der Waals surface area contributed by atoms with Gasteiger partial charge in [0, 0.05) is 11.9 Å². The van der Waals surface area contributed by atoms with E-state index in [1.165, 1.54) is 10.7 Å². The molecule has 0 unspecified atom stereocenters. The van der Waals surface area contributed by atoms with E-state index in [2.05, 4.69) is 21.5 Å². The van der Waals surface area contributed by atoms with E-state index in [0.717, 1.165) is 5.56 Å². The van der Waals surface area contributed by atoms with E-state index >= 15 is 4.39 Å². The SMILES string of the molecule is CC(C)(C)OC(=O)COCCNc1nc(F)c(-c2nn(Cc3ccc(C#N)cc3)c(=O)c3ccccc23)cc1Cl. The summed E-state index contributed by atoms with van der Waals surface area (Å²) in [6, 6.07) is 17.0. The largest absolute Gasteiger partial charge is 0.458 e. The lowest BCUT2D eigenvalue weighted by molar-refractivity contribution is -0.160. The van der Waals surface area contributed by atoms with Gasteiger partial charge in [0.15, 0.2) is 0 Å². The summed E-state index contributed by atoms with van der Waals surface area (Å²) in [6.07, 6.45) is 0. The van der Waals surface area contributed by atoms with Crippen LogP contribution in [0.5, 0.6) is 0 Å². The second kappa shape index (κ2) is 12.2. The summed E-state index contributed by atoms with van der Waals surface area (Å²) in [5, 5.41) is 17.4. The van der Waals surface area contributed by atoms with Gasteiger partial charge in [-0.25, -0.2) is 14.5 Å². The zero-order valence-electron chi connectivity index (χ0n) is 22.2. The van der Waals surface area contributed by atoms with E-state index in [4.69, 9.17) is 26.3 Å². The number of hydrogen-bond donors (Lipinski definition) is 1. The molecular weight excluding hydrogens is 537 g/mol. The number of fused-ring (bicyclic) bond motifs is 1. The van der Waals surface area contributed by atoms with Crippen LogP contribution in [0.4, 0.5) is 10.2 Å². The van der Waals surface area contributed by atoms with Crippen molar-refractivity contribution in [3.05, 3.63) is 87.0 Å². The summed E-state index contributed by atoms with van der Waals surface area (Å²) in [5.41, 5.74) is 0.540. The molecule has 4 aromatic rings. The lowest BCUT2D eigenvalue weighted by Crippen LogP contribution is -2.27. The van der Waals surface area contributed by atoms with Gasteiger partial charge in [-0.15, -0.1) is 0 Å². The Hall–Kier alpha value is -4.33. The van der Waals surface area contributed by atoms with Gasteiger partial charge in [0.25, 0.3) is 5.56 Å². The van der Waals surface area contributed by atoms with Crippen molar-refractivity contribution in [3.8, 4) is 17.3 Å². The molecular formula is C29H27ClFN5O4. The molecule has 0 fully saturated rings. The van der Waals surface area contributed by atoms with Crippen LogP contribution in [-0.2, 0) is 20.8 Å². The first-order valence-electron chi connectivity index (χ1n) is 12.4. The third-order valence-corrected chi connectivity index (χ3v) is 5.93. The van der Waals surface area contributed by atoms with Crippen LogP contribution in [0, 0.1) is 17.3 Å². The number of anilines is 1. The maximum atomic E-state index is 15.4. The van der Waals surface area contributed by atoms with Crippen molar-refractivity contribution < 1.29 is 18.7 Å². The molecule has 9 nitrogen and oxygen atoms in total. The van der Waals surface area contributed by atoms with Crippen LogP contribution in [0.2, 0.25) is 5.02 Å². The fourth-order valence-corrected chi connectivity index (χ4v) is 4.14. The summed E-state index contributed by atoms with van der Waals surface area (Å²) < 4.78 is 27.1. The number of nitrogens with one attached hydrogen (secondary N) is 1. The Kier molecular flexibility index (Phi) is 8.77. The fourth-order valence-electron chi connectivity index (χ4n) is 3.92. The van der Waals surface area contributed by atoms with E-state index in [0.29, 0.717) is 16.3 Å². The second-order valence-electron chi connectivity index (χ2n) is 9.89.